The molecule has 0 radical (unpaired) electrons. The Hall–Kier alpha value is -2.84. The van der Waals surface area contributed by atoms with Gasteiger partial charge in [0.15, 0.2) is 0 Å². The molecule has 6 nitrogen and oxygen atoms in total. The summed E-state index contributed by atoms with van der Waals surface area (Å²) in [7, 11) is 0. The molecule has 0 spiro atoms. The van der Waals surface area contributed by atoms with Gasteiger partial charge in [-0.15, -0.1) is 0 Å². The maximum atomic E-state index is 13.2. The van der Waals surface area contributed by atoms with Gasteiger partial charge in [-0.25, -0.2) is 4.79 Å². The molecule has 2 aliphatic rings. The van der Waals surface area contributed by atoms with E-state index in [1.807, 2.05) is 0 Å². The third-order valence-electron chi connectivity index (χ3n) is 6.54. The summed E-state index contributed by atoms with van der Waals surface area (Å²) < 4.78 is 31.7. The van der Waals surface area contributed by atoms with Crippen LogP contribution in [0.2, 0.25) is 0 Å². The molecule has 0 unspecified atom stereocenters. The van der Waals surface area contributed by atoms with Gasteiger partial charge in [0.2, 0.25) is 5.91 Å². The molecule has 1 aromatic carbocycles. The summed E-state index contributed by atoms with van der Waals surface area (Å²) in [6.45, 7) is 5.89. The molecule has 33 heavy (non-hydrogen) atoms. The first-order valence-electron chi connectivity index (χ1n) is 11.2. The van der Waals surface area contributed by atoms with Crippen molar-refractivity contribution >= 4 is 11.9 Å². The standard InChI is InChI=1S/C22H29N3O.C2HF3O2/c1-16-6-8-17(9-7-16)20-18-10-14-25(15-11-19(18)23-24-20)21(26)22(2)12-4-3-5-13-22;3-2(4,5)1(6)7/h6-9H,3-5,10-15H2,1-2H3,(H,23,24);(H,6,7). The van der Waals surface area contributed by atoms with E-state index >= 15 is 0 Å². The smallest absolute Gasteiger partial charge is 0.475 e. The lowest BCUT2D eigenvalue weighted by molar-refractivity contribution is -0.192. The molecule has 0 saturated heterocycles. The summed E-state index contributed by atoms with van der Waals surface area (Å²) in [5.41, 5.74) is 5.81. The topological polar surface area (TPSA) is 86.3 Å². The molecule has 1 saturated carbocycles. The lowest BCUT2D eigenvalue weighted by Crippen LogP contribution is -2.44. The number of carboxylic acid groups (broad SMARTS) is 1. The van der Waals surface area contributed by atoms with E-state index in [0.29, 0.717) is 5.91 Å². The van der Waals surface area contributed by atoms with E-state index in [9.17, 15) is 18.0 Å². The Morgan fingerprint density at radius 3 is 2.21 bits per heavy atom. The number of aromatic nitrogens is 2. The quantitative estimate of drug-likeness (QED) is 0.660. The molecule has 0 atom stereocenters. The van der Waals surface area contributed by atoms with Crippen molar-refractivity contribution < 1.29 is 27.9 Å². The van der Waals surface area contributed by atoms with Gasteiger partial charge in [-0.05, 0) is 26.2 Å². The largest absolute Gasteiger partial charge is 0.490 e. The molecule has 2 aromatic rings. The Balaban J connectivity index is 0.000000383. The van der Waals surface area contributed by atoms with Gasteiger partial charge in [-0.1, -0.05) is 56.0 Å². The zero-order valence-electron chi connectivity index (χ0n) is 19.0. The van der Waals surface area contributed by atoms with Gasteiger partial charge in [0.05, 0.1) is 5.69 Å². The van der Waals surface area contributed by atoms with Crippen LogP contribution in [-0.4, -0.2) is 51.3 Å². The maximum Gasteiger partial charge on any atom is 0.490 e. The average molecular weight is 466 g/mol. The van der Waals surface area contributed by atoms with Gasteiger partial charge in [0.25, 0.3) is 0 Å². The SMILES string of the molecule is Cc1ccc(-c2n[nH]c3c2CCN(C(=O)C2(C)CCCCC2)CC3)cc1.O=C(O)C(F)(F)F. The summed E-state index contributed by atoms with van der Waals surface area (Å²) in [6, 6.07) is 8.55. The molecule has 2 N–H and O–H groups in total. The fourth-order valence-corrected chi connectivity index (χ4v) is 4.56. The number of aromatic amines is 1. The van der Waals surface area contributed by atoms with Crippen molar-refractivity contribution in [2.45, 2.75) is 65.0 Å². The number of carbonyl (C=O) groups is 2. The zero-order valence-corrected chi connectivity index (χ0v) is 19.0. The monoisotopic (exact) mass is 465 g/mol. The fraction of sp³-hybridized carbons (Fsp3) is 0.542. The van der Waals surface area contributed by atoms with Crippen LogP contribution < -0.4 is 0 Å². The molecule has 2 heterocycles. The predicted molar refractivity (Wildman–Crippen MR) is 118 cm³/mol. The number of aliphatic carboxylic acids is 1. The number of nitrogens with one attached hydrogen (secondary N) is 1. The Kier molecular flexibility index (Phi) is 7.49. The van der Waals surface area contributed by atoms with Crippen LogP contribution in [0, 0.1) is 12.3 Å². The highest BCUT2D eigenvalue weighted by atomic mass is 19.4. The van der Waals surface area contributed by atoms with Crippen molar-refractivity contribution in [2.24, 2.45) is 5.41 Å². The van der Waals surface area contributed by atoms with Crippen molar-refractivity contribution in [3.63, 3.8) is 0 Å². The molecule has 9 heteroatoms. The van der Waals surface area contributed by atoms with Crippen LogP contribution >= 0.6 is 0 Å². The highest BCUT2D eigenvalue weighted by Gasteiger charge is 2.39. The van der Waals surface area contributed by atoms with Crippen molar-refractivity contribution in [1.82, 2.24) is 15.1 Å². The van der Waals surface area contributed by atoms with Gasteiger partial charge in [-0.2, -0.15) is 18.3 Å². The first-order chi connectivity index (χ1) is 15.5. The second-order valence-corrected chi connectivity index (χ2v) is 9.11. The summed E-state index contributed by atoms with van der Waals surface area (Å²) in [5, 5.41) is 14.9. The molecule has 4 rings (SSSR count). The highest BCUT2D eigenvalue weighted by molar-refractivity contribution is 5.82. The molecule has 1 fully saturated rings. The van der Waals surface area contributed by atoms with Crippen LogP contribution in [0.25, 0.3) is 11.3 Å². The highest BCUT2D eigenvalue weighted by Crippen LogP contribution is 2.38. The molecule has 0 bridgehead atoms. The number of amides is 1. The Morgan fingerprint density at radius 1 is 1.06 bits per heavy atom. The zero-order chi connectivity index (χ0) is 24.2. The number of aryl methyl sites for hydroxylation is 1. The lowest BCUT2D eigenvalue weighted by atomic mass is 9.74. The Bertz CT molecular complexity index is 977. The number of hydrogen-bond donors (Lipinski definition) is 2. The first-order valence-corrected chi connectivity index (χ1v) is 11.2. The normalized spacial score (nSPS) is 17.9. The molecular formula is C24H30F3N3O3. The predicted octanol–water partition coefficient (Wildman–Crippen LogP) is 4.92. The maximum absolute atomic E-state index is 13.2. The van der Waals surface area contributed by atoms with Crippen molar-refractivity contribution in [1.29, 1.82) is 0 Å². The van der Waals surface area contributed by atoms with Gasteiger partial charge in [-0.3, -0.25) is 9.89 Å². The number of nitrogens with zero attached hydrogens (tertiary/aromatic N) is 2. The second kappa shape index (κ2) is 9.97. The second-order valence-electron chi connectivity index (χ2n) is 9.11. The number of alkyl halides is 3. The van der Waals surface area contributed by atoms with Gasteiger partial charge in [0.1, 0.15) is 0 Å². The Morgan fingerprint density at radius 2 is 1.64 bits per heavy atom. The number of benzene rings is 1. The Labute approximate surface area is 191 Å². The molecule has 1 aromatic heterocycles. The minimum Gasteiger partial charge on any atom is -0.475 e. The summed E-state index contributed by atoms with van der Waals surface area (Å²) in [6.07, 6.45) is 2.42. The van der Waals surface area contributed by atoms with Crippen LogP contribution in [0.5, 0.6) is 0 Å². The summed E-state index contributed by atoms with van der Waals surface area (Å²) >= 11 is 0. The fourth-order valence-electron chi connectivity index (χ4n) is 4.56. The van der Waals surface area contributed by atoms with Gasteiger partial charge in [0, 0.05) is 41.7 Å². The number of hydrogen-bond acceptors (Lipinski definition) is 3. The number of carbonyl (C=O) groups excluding carboxylic acids is 1. The summed E-state index contributed by atoms with van der Waals surface area (Å²) in [5.74, 6) is -2.39. The van der Waals surface area contributed by atoms with Gasteiger partial charge >= 0.3 is 12.1 Å². The molecule has 180 valence electrons. The lowest BCUT2D eigenvalue weighted by Gasteiger charge is -2.36. The van der Waals surface area contributed by atoms with E-state index in [1.54, 1.807) is 0 Å². The molecular weight excluding hydrogens is 435 g/mol. The number of H-pyrrole nitrogens is 1. The number of rotatable bonds is 2. The molecule has 1 amide bonds. The first kappa shape index (κ1) is 24.8. The van der Waals surface area contributed by atoms with Gasteiger partial charge < -0.3 is 10.0 Å². The van der Waals surface area contributed by atoms with Crippen LogP contribution in [0.15, 0.2) is 24.3 Å². The molecule has 1 aliphatic heterocycles. The number of halogens is 3. The van der Waals surface area contributed by atoms with E-state index in [0.717, 1.165) is 50.0 Å². The van der Waals surface area contributed by atoms with E-state index in [2.05, 4.69) is 53.2 Å². The minimum absolute atomic E-state index is 0.145. The number of carboxylic acids is 1. The van der Waals surface area contributed by atoms with E-state index in [-0.39, 0.29) is 5.41 Å². The van der Waals surface area contributed by atoms with Crippen molar-refractivity contribution in [2.75, 3.05) is 13.1 Å². The van der Waals surface area contributed by atoms with E-state index < -0.39 is 12.1 Å². The van der Waals surface area contributed by atoms with Crippen LogP contribution in [0.3, 0.4) is 0 Å². The number of fused-ring (bicyclic) bond motifs is 1. The third kappa shape index (κ3) is 5.94. The van der Waals surface area contributed by atoms with E-state index in [4.69, 9.17) is 9.90 Å². The molecule has 1 aliphatic carbocycles. The van der Waals surface area contributed by atoms with Crippen LogP contribution in [0.4, 0.5) is 13.2 Å². The van der Waals surface area contributed by atoms with Crippen LogP contribution in [0.1, 0.15) is 55.8 Å². The summed E-state index contributed by atoms with van der Waals surface area (Å²) in [4.78, 5) is 24.2. The van der Waals surface area contributed by atoms with Crippen LogP contribution in [-0.2, 0) is 22.4 Å². The third-order valence-corrected chi connectivity index (χ3v) is 6.54. The van der Waals surface area contributed by atoms with E-state index in [1.165, 1.54) is 36.1 Å². The van der Waals surface area contributed by atoms with Crippen molar-refractivity contribution in [3.05, 3.63) is 41.1 Å². The minimum atomic E-state index is -5.08. The average Bonchev–Trinajstić information content (AvgIpc) is 3.05. The van der Waals surface area contributed by atoms with Crippen molar-refractivity contribution in [3.8, 4) is 11.3 Å².